The zero-order valence-corrected chi connectivity index (χ0v) is 23.0. The molecule has 1 fully saturated rings. The van der Waals surface area contributed by atoms with Crippen LogP contribution in [0.15, 0.2) is 24.3 Å². The Morgan fingerprint density at radius 1 is 1.17 bits per heavy atom. The molecule has 2 atom stereocenters. The lowest BCUT2D eigenvalue weighted by atomic mass is 9.97. The predicted octanol–water partition coefficient (Wildman–Crippen LogP) is 4.98. The van der Waals surface area contributed by atoms with Gasteiger partial charge in [-0.3, -0.25) is 9.59 Å². The fourth-order valence-corrected chi connectivity index (χ4v) is 4.46. The number of hydrogen-bond acceptors (Lipinski definition) is 5. The van der Waals surface area contributed by atoms with Crippen molar-refractivity contribution in [2.24, 2.45) is 0 Å². The molecule has 0 bridgehead atoms. The van der Waals surface area contributed by atoms with E-state index in [-0.39, 0.29) is 17.9 Å². The number of rotatable bonds is 13. The predicted molar refractivity (Wildman–Crippen MR) is 142 cm³/mol. The second-order valence-corrected chi connectivity index (χ2v) is 11.2. The number of aryl methyl sites for hydroxylation is 1. The summed E-state index contributed by atoms with van der Waals surface area (Å²) >= 11 is 1.61. The molecule has 1 aliphatic rings. The van der Waals surface area contributed by atoms with Crippen LogP contribution in [0.5, 0.6) is 0 Å². The van der Waals surface area contributed by atoms with E-state index in [9.17, 15) is 14.4 Å². The quantitative estimate of drug-likeness (QED) is 0.369. The van der Waals surface area contributed by atoms with Gasteiger partial charge in [0.2, 0.25) is 11.8 Å². The molecular formula is C27H43N3O4S. The van der Waals surface area contributed by atoms with Crippen LogP contribution < -0.4 is 10.6 Å². The van der Waals surface area contributed by atoms with Gasteiger partial charge in [0.15, 0.2) is 0 Å². The largest absolute Gasteiger partial charge is 0.444 e. The molecule has 0 aliphatic heterocycles. The maximum absolute atomic E-state index is 14.0. The normalized spacial score (nSPS) is 15.1. The smallest absolute Gasteiger partial charge is 0.408 e. The Bertz CT molecular complexity index is 851. The summed E-state index contributed by atoms with van der Waals surface area (Å²) in [6.07, 6.45) is 6.50. The number of carbonyl (C=O) groups is 3. The van der Waals surface area contributed by atoms with Crippen molar-refractivity contribution in [3.05, 3.63) is 35.4 Å². The van der Waals surface area contributed by atoms with Crippen molar-refractivity contribution in [2.75, 3.05) is 18.6 Å². The summed E-state index contributed by atoms with van der Waals surface area (Å²) in [7, 11) is 0. The van der Waals surface area contributed by atoms with E-state index in [1.54, 1.807) is 37.4 Å². The fourth-order valence-electron chi connectivity index (χ4n) is 3.99. The van der Waals surface area contributed by atoms with E-state index in [1.807, 2.05) is 37.4 Å². The Morgan fingerprint density at radius 3 is 2.43 bits per heavy atom. The molecule has 8 heteroatoms. The lowest BCUT2D eigenvalue weighted by Crippen LogP contribution is -2.54. The summed E-state index contributed by atoms with van der Waals surface area (Å²) in [4.78, 5) is 41.9. The highest BCUT2D eigenvalue weighted by molar-refractivity contribution is 7.98. The van der Waals surface area contributed by atoms with Crippen LogP contribution in [-0.2, 0) is 14.3 Å². The first-order valence-electron chi connectivity index (χ1n) is 12.7. The topological polar surface area (TPSA) is 87.7 Å². The number of amides is 3. The average Bonchev–Trinajstić information content (AvgIpc) is 3.62. The van der Waals surface area contributed by atoms with Crippen LogP contribution in [0.3, 0.4) is 0 Å². The monoisotopic (exact) mass is 505 g/mol. The number of benzene rings is 1. The molecule has 7 nitrogen and oxygen atoms in total. The molecule has 1 aromatic carbocycles. The first-order chi connectivity index (χ1) is 16.6. The second-order valence-electron chi connectivity index (χ2n) is 10.2. The number of nitrogens with one attached hydrogen (secondary N) is 2. The van der Waals surface area contributed by atoms with Crippen LogP contribution in [0.25, 0.3) is 0 Å². The van der Waals surface area contributed by atoms with Crippen molar-refractivity contribution in [3.63, 3.8) is 0 Å². The van der Waals surface area contributed by atoms with Crippen LogP contribution >= 0.6 is 11.8 Å². The van der Waals surface area contributed by atoms with Crippen LogP contribution in [0.2, 0.25) is 0 Å². The molecule has 0 aromatic heterocycles. The number of hydrogen-bond donors (Lipinski definition) is 2. The molecule has 1 saturated carbocycles. The van der Waals surface area contributed by atoms with E-state index >= 15 is 0 Å². The van der Waals surface area contributed by atoms with Gasteiger partial charge in [0.25, 0.3) is 0 Å². The highest BCUT2D eigenvalue weighted by atomic mass is 32.2. The highest BCUT2D eigenvalue weighted by Crippen LogP contribution is 2.36. The van der Waals surface area contributed by atoms with E-state index in [2.05, 4.69) is 17.6 Å². The van der Waals surface area contributed by atoms with Crippen molar-refractivity contribution in [1.82, 2.24) is 15.5 Å². The van der Waals surface area contributed by atoms with Crippen molar-refractivity contribution >= 4 is 29.7 Å². The Hall–Kier alpha value is -2.22. The first-order valence-corrected chi connectivity index (χ1v) is 14.1. The van der Waals surface area contributed by atoms with Crippen LogP contribution in [0, 0.1) is 6.92 Å². The molecule has 0 spiro atoms. The van der Waals surface area contributed by atoms with E-state index < -0.39 is 23.8 Å². The third-order valence-electron chi connectivity index (χ3n) is 5.88. The van der Waals surface area contributed by atoms with Gasteiger partial charge in [0, 0.05) is 12.6 Å². The average molecular weight is 506 g/mol. The number of nitrogens with zero attached hydrogens (tertiary/aromatic N) is 1. The summed E-state index contributed by atoms with van der Waals surface area (Å²) in [6.45, 7) is 10.0. The van der Waals surface area contributed by atoms with E-state index in [0.29, 0.717) is 18.7 Å². The molecule has 35 heavy (non-hydrogen) atoms. The number of unbranched alkanes of at least 4 members (excludes halogenated alkanes) is 2. The standard InChI is InChI=1S/C27H43N3O4S/c1-7-8-11-17-28-24(31)23(21-13-10-9-12-19(21)2)30(20-14-15-20)25(32)22(16-18-35-6)29-26(33)34-27(3,4)5/h9-10,12-13,20,22-23H,7-8,11,14-18H2,1-6H3,(H,28,31)(H,29,33). The van der Waals surface area contributed by atoms with Gasteiger partial charge in [0.05, 0.1) is 0 Å². The molecule has 0 saturated heterocycles. The molecule has 2 N–H and O–H groups in total. The van der Waals surface area contributed by atoms with Gasteiger partial charge in [-0.2, -0.15) is 11.8 Å². The number of alkyl carbamates (subject to hydrolysis) is 1. The molecule has 196 valence electrons. The number of ether oxygens (including phenoxy) is 1. The lowest BCUT2D eigenvalue weighted by molar-refractivity contribution is -0.143. The summed E-state index contributed by atoms with van der Waals surface area (Å²) < 4.78 is 5.44. The van der Waals surface area contributed by atoms with Gasteiger partial charge >= 0.3 is 6.09 Å². The number of thioether (sulfide) groups is 1. The maximum atomic E-state index is 14.0. The molecule has 1 aromatic rings. The van der Waals surface area contributed by atoms with Gasteiger partial charge < -0.3 is 20.3 Å². The molecule has 0 heterocycles. The minimum absolute atomic E-state index is 0.0225. The van der Waals surface area contributed by atoms with E-state index in [4.69, 9.17) is 4.74 Å². The van der Waals surface area contributed by atoms with Crippen molar-refractivity contribution in [1.29, 1.82) is 0 Å². The third kappa shape index (κ3) is 9.39. The zero-order chi connectivity index (χ0) is 26.0. The molecular weight excluding hydrogens is 462 g/mol. The summed E-state index contributed by atoms with van der Waals surface area (Å²) in [5.41, 5.74) is 1.11. The Balaban J connectivity index is 2.37. The van der Waals surface area contributed by atoms with Gasteiger partial charge in [-0.25, -0.2) is 4.79 Å². The zero-order valence-electron chi connectivity index (χ0n) is 22.2. The second kappa shape index (κ2) is 13.8. The summed E-state index contributed by atoms with van der Waals surface area (Å²) in [6, 6.07) is 6.19. The molecule has 3 amide bonds. The van der Waals surface area contributed by atoms with Crippen molar-refractivity contribution < 1.29 is 19.1 Å². The van der Waals surface area contributed by atoms with Crippen molar-refractivity contribution in [3.8, 4) is 0 Å². The van der Waals surface area contributed by atoms with Crippen LogP contribution in [0.1, 0.15) is 83.4 Å². The number of carbonyl (C=O) groups excluding carboxylic acids is 3. The summed E-state index contributed by atoms with van der Waals surface area (Å²) in [5.74, 6) is 0.295. The Kier molecular flexibility index (Phi) is 11.4. The Labute approximate surface area is 215 Å². The minimum atomic E-state index is -0.766. The van der Waals surface area contributed by atoms with Gasteiger partial charge in [-0.1, -0.05) is 44.0 Å². The highest BCUT2D eigenvalue weighted by Gasteiger charge is 2.44. The fraction of sp³-hybridized carbons (Fsp3) is 0.667. The lowest BCUT2D eigenvalue weighted by Gasteiger charge is -2.35. The molecule has 1 aliphatic carbocycles. The Morgan fingerprint density at radius 2 is 1.86 bits per heavy atom. The molecule has 2 unspecified atom stereocenters. The summed E-state index contributed by atoms with van der Waals surface area (Å²) in [5, 5.41) is 5.86. The van der Waals surface area contributed by atoms with Gasteiger partial charge in [-0.05, 0) is 76.5 Å². The van der Waals surface area contributed by atoms with Crippen molar-refractivity contribution in [2.45, 2.75) is 96.9 Å². The van der Waals surface area contributed by atoms with Gasteiger partial charge in [0.1, 0.15) is 17.7 Å². The molecule has 0 radical (unpaired) electrons. The van der Waals surface area contributed by atoms with Gasteiger partial charge in [-0.15, -0.1) is 0 Å². The van der Waals surface area contributed by atoms with E-state index in [0.717, 1.165) is 43.2 Å². The van der Waals surface area contributed by atoms with Crippen LogP contribution in [-0.4, -0.2) is 59.0 Å². The SMILES string of the molecule is CCCCCNC(=O)C(c1ccccc1C)N(C(=O)C(CCSC)NC(=O)OC(C)(C)C)C1CC1. The minimum Gasteiger partial charge on any atom is -0.444 e. The van der Waals surface area contributed by atoms with E-state index in [1.165, 1.54) is 0 Å². The first kappa shape index (κ1) is 29.0. The molecule has 2 rings (SSSR count). The van der Waals surface area contributed by atoms with Crippen LogP contribution in [0.4, 0.5) is 4.79 Å². The maximum Gasteiger partial charge on any atom is 0.408 e. The third-order valence-corrected chi connectivity index (χ3v) is 6.53.